The molecule has 0 radical (unpaired) electrons. The monoisotopic (exact) mass is 277 g/mol. The minimum Gasteiger partial charge on any atom is -0.385 e. The molecule has 0 bridgehead atoms. The average Bonchev–Trinajstić information content (AvgIpc) is 2.38. The quantitative estimate of drug-likeness (QED) is 0.718. The maximum Gasteiger partial charge on any atom is 0.154 e. The molecule has 0 aromatic carbocycles. The number of ether oxygens (including phenoxy) is 1. The molecule has 3 unspecified atom stereocenters. The standard InChI is InChI=1S/C13H27NO3S/c1-4-11-6-7-12(14-2)13(10-11)18(15,16)9-5-8-17-3/h11-14H,4-10H2,1-3H3. The molecule has 5 heteroatoms. The third kappa shape index (κ3) is 4.21. The molecule has 0 heterocycles. The molecule has 1 saturated carbocycles. The second kappa shape index (κ2) is 7.46. The summed E-state index contributed by atoms with van der Waals surface area (Å²) in [6, 6.07) is 0.125. The summed E-state index contributed by atoms with van der Waals surface area (Å²) in [4.78, 5) is 0. The van der Waals surface area contributed by atoms with E-state index in [2.05, 4.69) is 12.2 Å². The fourth-order valence-corrected chi connectivity index (χ4v) is 5.03. The molecule has 1 aliphatic rings. The van der Waals surface area contributed by atoms with Crippen molar-refractivity contribution in [1.29, 1.82) is 0 Å². The molecule has 1 N–H and O–H groups in total. The van der Waals surface area contributed by atoms with Crippen molar-refractivity contribution in [2.24, 2.45) is 5.92 Å². The van der Waals surface area contributed by atoms with Gasteiger partial charge < -0.3 is 10.1 Å². The van der Waals surface area contributed by atoms with E-state index < -0.39 is 9.84 Å². The maximum absolute atomic E-state index is 12.4. The van der Waals surface area contributed by atoms with Gasteiger partial charge in [0.15, 0.2) is 9.84 Å². The summed E-state index contributed by atoms with van der Waals surface area (Å²) in [5.41, 5.74) is 0. The van der Waals surface area contributed by atoms with Crippen molar-refractivity contribution >= 4 is 9.84 Å². The number of nitrogens with one attached hydrogen (secondary N) is 1. The average molecular weight is 277 g/mol. The Bertz CT molecular complexity index is 329. The summed E-state index contributed by atoms with van der Waals surface area (Å²) in [7, 11) is 0.475. The molecule has 1 aliphatic carbocycles. The highest BCUT2D eigenvalue weighted by Crippen LogP contribution is 2.31. The van der Waals surface area contributed by atoms with Crippen molar-refractivity contribution < 1.29 is 13.2 Å². The van der Waals surface area contributed by atoms with Gasteiger partial charge in [-0.25, -0.2) is 8.42 Å². The molecule has 3 atom stereocenters. The van der Waals surface area contributed by atoms with Gasteiger partial charge in [-0.1, -0.05) is 13.3 Å². The number of hydrogen-bond acceptors (Lipinski definition) is 4. The molecule has 4 nitrogen and oxygen atoms in total. The minimum absolute atomic E-state index is 0.125. The predicted octanol–water partition coefficient (Wildman–Crippen LogP) is 1.60. The first kappa shape index (κ1) is 15.9. The van der Waals surface area contributed by atoms with E-state index in [1.807, 2.05) is 7.05 Å². The van der Waals surface area contributed by atoms with Crippen LogP contribution in [0.1, 0.15) is 39.0 Å². The van der Waals surface area contributed by atoms with Crippen molar-refractivity contribution in [1.82, 2.24) is 5.32 Å². The highest BCUT2D eigenvalue weighted by molar-refractivity contribution is 7.92. The lowest BCUT2D eigenvalue weighted by molar-refractivity contribution is 0.199. The van der Waals surface area contributed by atoms with Gasteiger partial charge in [-0.15, -0.1) is 0 Å². The van der Waals surface area contributed by atoms with Crippen LogP contribution in [0.2, 0.25) is 0 Å². The molecule has 1 rings (SSSR count). The Labute approximate surface area is 111 Å². The summed E-state index contributed by atoms with van der Waals surface area (Å²) in [6.07, 6.45) is 4.62. The SMILES string of the molecule is CCC1CCC(NC)C(S(=O)(=O)CCCOC)C1. The lowest BCUT2D eigenvalue weighted by Crippen LogP contribution is -2.47. The molecule has 0 spiro atoms. The molecule has 1 fully saturated rings. The highest BCUT2D eigenvalue weighted by atomic mass is 32.2. The van der Waals surface area contributed by atoms with E-state index in [9.17, 15) is 8.42 Å². The van der Waals surface area contributed by atoms with Crippen LogP contribution in [0, 0.1) is 5.92 Å². The zero-order chi connectivity index (χ0) is 13.6. The highest BCUT2D eigenvalue weighted by Gasteiger charge is 2.37. The largest absolute Gasteiger partial charge is 0.385 e. The summed E-state index contributed by atoms with van der Waals surface area (Å²) in [5, 5.41) is 2.97. The van der Waals surface area contributed by atoms with Crippen molar-refractivity contribution in [2.45, 2.75) is 50.3 Å². The topological polar surface area (TPSA) is 55.4 Å². The fourth-order valence-electron chi connectivity index (χ4n) is 2.87. The number of hydrogen-bond donors (Lipinski definition) is 1. The molecular formula is C13H27NO3S. The van der Waals surface area contributed by atoms with Gasteiger partial charge in [0.1, 0.15) is 0 Å². The second-order valence-electron chi connectivity index (χ2n) is 5.23. The van der Waals surface area contributed by atoms with E-state index in [1.165, 1.54) is 0 Å². The van der Waals surface area contributed by atoms with Crippen LogP contribution in [-0.2, 0) is 14.6 Å². The van der Waals surface area contributed by atoms with Gasteiger partial charge in [-0.2, -0.15) is 0 Å². The Morgan fingerprint density at radius 2 is 2.06 bits per heavy atom. The molecule has 108 valence electrons. The normalized spacial score (nSPS) is 29.4. The van der Waals surface area contributed by atoms with Crippen molar-refractivity contribution in [3.63, 3.8) is 0 Å². The number of methoxy groups -OCH3 is 1. The van der Waals surface area contributed by atoms with E-state index >= 15 is 0 Å². The van der Waals surface area contributed by atoms with Crippen LogP contribution < -0.4 is 5.32 Å². The molecule has 0 saturated heterocycles. The van der Waals surface area contributed by atoms with E-state index in [1.54, 1.807) is 7.11 Å². The van der Waals surface area contributed by atoms with Crippen LogP contribution in [0.25, 0.3) is 0 Å². The Morgan fingerprint density at radius 1 is 1.33 bits per heavy atom. The van der Waals surface area contributed by atoms with Gasteiger partial charge in [-0.05, 0) is 38.6 Å². The third-order valence-electron chi connectivity index (χ3n) is 4.09. The van der Waals surface area contributed by atoms with Crippen molar-refractivity contribution in [3.05, 3.63) is 0 Å². The van der Waals surface area contributed by atoms with Crippen molar-refractivity contribution in [3.8, 4) is 0 Å². The first-order chi connectivity index (χ1) is 8.55. The number of sulfone groups is 1. The molecule has 18 heavy (non-hydrogen) atoms. The summed E-state index contributed by atoms with van der Waals surface area (Å²) < 4.78 is 29.7. The first-order valence-electron chi connectivity index (χ1n) is 6.92. The van der Waals surface area contributed by atoms with E-state index in [0.717, 1.165) is 25.7 Å². The minimum atomic E-state index is -3.00. The Hall–Kier alpha value is -0.130. The predicted molar refractivity (Wildman–Crippen MR) is 74.5 cm³/mol. The van der Waals surface area contributed by atoms with Gasteiger partial charge in [-0.3, -0.25) is 0 Å². The van der Waals surface area contributed by atoms with Crippen molar-refractivity contribution in [2.75, 3.05) is 26.5 Å². The number of rotatable bonds is 7. The van der Waals surface area contributed by atoms with Crippen LogP contribution in [0.15, 0.2) is 0 Å². The molecular weight excluding hydrogens is 250 g/mol. The zero-order valence-electron chi connectivity index (χ0n) is 11.8. The van der Waals surface area contributed by atoms with Crippen LogP contribution in [0.4, 0.5) is 0 Å². The van der Waals surface area contributed by atoms with Gasteiger partial charge in [0.05, 0.1) is 11.0 Å². The molecule has 0 aromatic rings. The van der Waals surface area contributed by atoms with Gasteiger partial charge in [0.2, 0.25) is 0 Å². The van der Waals surface area contributed by atoms with Crippen LogP contribution in [-0.4, -0.2) is 46.2 Å². The maximum atomic E-state index is 12.4. The Balaban J connectivity index is 2.68. The van der Waals surface area contributed by atoms with Crippen LogP contribution in [0.3, 0.4) is 0 Å². The third-order valence-corrected chi connectivity index (χ3v) is 6.39. The molecule has 0 aliphatic heterocycles. The Morgan fingerprint density at radius 3 is 2.61 bits per heavy atom. The lowest BCUT2D eigenvalue weighted by Gasteiger charge is -2.35. The fraction of sp³-hybridized carbons (Fsp3) is 1.00. The van der Waals surface area contributed by atoms with Crippen LogP contribution >= 0.6 is 0 Å². The first-order valence-corrected chi connectivity index (χ1v) is 8.64. The van der Waals surface area contributed by atoms with E-state index in [0.29, 0.717) is 18.9 Å². The molecule has 0 amide bonds. The van der Waals surface area contributed by atoms with Gasteiger partial charge in [0, 0.05) is 19.8 Å². The van der Waals surface area contributed by atoms with Gasteiger partial charge >= 0.3 is 0 Å². The second-order valence-corrected chi connectivity index (χ2v) is 7.57. The van der Waals surface area contributed by atoms with E-state index in [-0.39, 0.29) is 17.0 Å². The molecule has 0 aromatic heterocycles. The van der Waals surface area contributed by atoms with Crippen LogP contribution in [0.5, 0.6) is 0 Å². The lowest BCUT2D eigenvalue weighted by atomic mass is 9.84. The Kier molecular flexibility index (Phi) is 6.60. The van der Waals surface area contributed by atoms with Gasteiger partial charge in [0.25, 0.3) is 0 Å². The van der Waals surface area contributed by atoms with E-state index in [4.69, 9.17) is 4.74 Å². The smallest absolute Gasteiger partial charge is 0.154 e. The summed E-state index contributed by atoms with van der Waals surface area (Å²) in [5.74, 6) is 0.817. The zero-order valence-corrected chi connectivity index (χ0v) is 12.6. The summed E-state index contributed by atoms with van der Waals surface area (Å²) >= 11 is 0. The summed E-state index contributed by atoms with van der Waals surface area (Å²) in [6.45, 7) is 2.67.